The van der Waals surface area contributed by atoms with Gasteiger partial charge < -0.3 is 15.7 Å². The summed E-state index contributed by atoms with van der Waals surface area (Å²) in [5, 5.41) is 30.5. The lowest BCUT2D eigenvalue weighted by atomic mass is 10.1. The quantitative estimate of drug-likeness (QED) is 0.523. The Hall–Kier alpha value is -2.49. The summed E-state index contributed by atoms with van der Waals surface area (Å²) in [6.07, 6.45) is 1.10. The predicted molar refractivity (Wildman–Crippen MR) is 92.2 cm³/mol. The predicted octanol–water partition coefficient (Wildman–Crippen LogP) is 0.512. The van der Waals surface area contributed by atoms with Crippen molar-refractivity contribution in [2.45, 2.75) is 6.10 Å². The van der Waals surface area contributed by atoms with Crippen LogP contribution >= 0.6 is 12.4 Å². The highest BCUT2D eigenvalue weighted by Crippen LogP contribution is 2.16. The number of hydrogen-bond donors (Lipinski definition) is 3. The molecule has 0 radical (unpaired) electrons. The summed E-state index contributed by atoms with van der Waals surface area (Å²) < 4.78 is 1.41. The fraction of sp³-hybridized carbons (Fsp3) is 0.333. The molecule has 1 aromatic carbocycles. The Balaban J connectivity index is 0.00000225. The molecule has 0 saturated carbocycles. The van der Waals surface area contributed by atoms with Crippen LogP contribution in [-0.4, -0.2) is 51.5 Å². The SMILES string of the molecule is Cl.O=C(NCC1CNCC1O)c1ccn(-c2cccc([N+](=O)[O-])c2)n1. The molecule has 0 bridgehead atoms. The maximum atomic E-state index is 12.1. The lowest BCUT2D eigenvalue weighted by molar-refractivity contribution is -0.384. The molecule has 134 valence electrons. The minimum Gasteiger partial charge on any atom is -0.391 e. The van der Waals surface area contributed by atoms with Gasteiger partial charge in [0.05, 0.1) is 16.7 Å². The number of benzene rings is 1. The Morgan fingerprint density at radius 1 is 1.44 bits per heavy atom. The zero-order valence-corrected chi connectivity index (χ0v) is 14.0. The second-order valence-electron chi connectivity index (χ2n) is 5.62. The number of hydrogen-bond acceptors (Lipinski definition) is 6. The number of amides is 1. The van der Waals surface area contributed by atoms with Gasteiger partial charge in [0, 0.05) is 43.9 Å². The smallest absolute Gasteiger partial charge is 0.271 e. The van der Waals surface area contributed by atoms with Crippen molar-refractivity contribution in [2.75, 3.05) is 19.6 Å². The normalized spacial score (nSPS) is 19.2. The highest BCUT2D eigenvalue weighted by molar-refractivity contribution is 5.92. The third-order valence-corrected chi connectivity index (χ3v) is 3.96. The number of β-amino-alcohol motifs (C(OH)–C–C–N with tert-alkyl or cyclic N) is 1. The van der Waals surface area contributed by atoms with Gasteiger partial charge in [-0.2, -0.15) is 5.10 Å². The Kier molecular flexibility index (Phi) is 6.07. The number of rotatable bonds is 5. The minimum absolute atomic E-state index is 0. The summed E-state index contributed by atoms with van der Waals surface area (Å²) >= 11 is 0. The second-order valence-corrected chi connectivity index (χ2v) is 5.62. The molecule has 2 heterocycles. The van der Waals surface area contributed by atoms with E-state index in [1.54, 1.807) is 18.3 Å². The third kappa shape index (κ3) is 4.32. The zero-order chi connectivity index (χ0) is 17.1. The first-order chi connectivity index (χ1) is 11.5. The average molecular weight is 368 g/mol. The van der Waals surface area contributed by atoms with Gasteiger partial charge in [-0.05, 0) is 12.1 Å². The largest absolute Gasteiger partial charge is 0.391 e. The summed E-state index contributed by atoms with van der Waals surface area (Å²) in [5.41, 5.74) is 0.664. The molecule has 10 heteroatoms. The molecular weight excluding hydrogens is 350 g/mol. The lowest BCUT2D eigenvalue weighted by Crippen LogP contribution is -2.34. The van der Waals surface area contributed by atoms with E-state index < -0.39 is 11.0 Å². The number of halogens is 1. The van der Waals surface area contributed by atoms with Crippen molar-refractivity contribution in [1.29, 1.82) is 0 Å². The molecule has 2 atom stereocenters. The molecule has 9 nitrogen and oxygen atoms in total. The summed E-state index contributed by atoms with van der Waals surface area (Å²) in [6, 6.07) is 7.54. The molecule has 1 amide bonds. The number of non-ortho nitro benzene ring substituents is 1. The molecule has 1 aliphatic rings. The number of aliphatic hydroxyl groups excluding tert-OH is 1. The molecule has 1 fully saturated rings. The van der Waals surface area contributed by atoms with Crippen LogP contribution in [0.5, 0.6) is 0 Å². The van der Waals surface area contributed by atoms with Gasteiger partial charge in [0.15, 0.2) is 5.69 Å². The Bertz CT molecular complexity index is 766. The van der Waals surface area contributed by atoms with Crippen LogP contribution in [0, 0.1) is 16.0 Å². The first kappa shape index (κ1) is 18.8. The zero-order valence-electron chi connectivity index (χ0n) is 13.2. The van der Waals surface area contributed by atoms with Gasteiger partial charge in [0.2, 0.25) is 0 Å². The first-order valence-corrected chi connectivity index (χ1v) is 7.52. The summed E-state index contributed by atoms with van der Waals surface area (Å²) in [7, 11) is 0. The molecule has 1 aliphatic heterocycles. The number of nitro benzene ring substituents is 1. The van der Waals surface area contributed by atoms with Crippen LogP contribution in [0.1, 0.15) is 10.5 Å². The monoisotopic (exact) mass is 367 g/mol. The number of nitro groups is 1. The van der Waals surface area contributed by atoms with E-state index in [0.717, 1.165) is 0 Å². The molecule has 0 spiro atoms. The van der Waals surface area contributed by atoms with Crippen LogP contribution in [-0.2, 0) is 0 Å². The summed E-state index contributed by atoms with van der Waals surface area (Å²) in [6.45, 7) is 1.54. The Morgan fingerprint density at radius 2 is 2.24 bits per heavy atom. The van der Waals surface area contributed by atoms with Crippen LogP contribution in [0.4, 0.5) is 5.69 Å². The summed E-state index contributed by atoms with van der Waals surface area (Å²) in [5.74, 6) is -0.369. The van der Waals surface area contributed by atoms with Crippen LogP contribution in [0.25, 0.3) is 5.69 Å². The molecule has 1 saturated heterocycles. The molecule has 3 N–H and O–H groups in total. The topological polar surface area (TPSA) is 122 Å². The van der Waals surface area contributed by atoms with E-state index in [2.05, 4.69) is 15.7 Å². The van der Waals surface area contributed by atoms with E-state index in [1.807, 2.05) is 0 Å². The fourth-order valence-electron chi connectivity index (χ4n) is 2.58. The maximum Gasteiger partial charge on any atom is 0.271 e. The molecular formula is C15H18ClN5O4. The van der Waals surface area contributed by atoms with Crippen molar-refractivity contribution in [2.24, 2.45) is 5.92 Å². The number of carbonyl (C=O) groups excluding carboxylic acids is 1. The van der Waals surface area contributed by atoms with Crippen molar-refractivity contribution in [3.63, 3.8) is 0 Å². The molecule has 0 aliphatic carbocycles. The van der Waals surface area contributed by atoms with E-state index in [0.29, 0.717) is 25.3 Å². The molecule has 2 aromatic rings. The van der Waals surface area contributed by atoms with Gasteiger partial charge in [-0.3, -0.25) is 14.9 Å². The minimum atomic E-state index is -0.485. The van der Waals surface area contributed by atoms with Gasteiger partial charge in [-0.1, -0.05) is 6.07 Å². The first-order valence-electron chi connectivity index (χ1n) is 7.52. The Morgan fingerprint density at radius 3 is 2.92 bits per heavy atom. The molecule has 25 heavy (non-hydrogen) atoms. The molecule has 2 unspecified atom stereocenters. The fourth-order valence-corrected chi connectivity index (χ4v) is 2.58. The molecule has 3 rings (SSSR count). The van der Waals surface area contributed by atoms with Crippen LogP contribution in [0.15, 0.2) is 36.5 Å². The van der Waals surface area contributed by atoms with E-state index in [-0.39, 0.29) is 35.6 Å². The van der Waals surface area contributed by atoms with Crippen LogP contribution in [0.3, 0.4) is 0 Å². The van der Waals surface area contributed by atoms with Gasteiger partial charge in [0.25, 0.3) is 11.6 Å². The third-order valence-electron chi connectivity index (χ3n) is 3.96. The Labute approximate surface area is 149 Å². The van der Waals surface area contributed by atoms with Gasteiger partial charge in [-0.15, -0.1) is 12.4 Å². The number of nitrogens with zero attached hydrogens (tertiary/aromatic N) is 3. The number of aliphatic hydroxyl groups is 1. The van der Waals surface area contributed by atoms with Crippen molar-refractivity contribution in [3.8, 4) is 5.69 Å². The highest BCUT2D eigenvalue weighted by Gasteiger charge is 2.25. The van der Waals surface area contributed by atoms with E-state index in [9.17, 15) is 20.0 Å². The van der Waals surface area contributed by atoms with E-state index in [4.69, 9.17) is 0 Å². The van der Waals surface area contributed by atoms with Gasteiger partial charge in [0.1, 0.15) is 0 Å². The van der Waals surface area contributed by atoms with Crippen molar-refractivity contribution in [3.05, 3.63) is 52.3 Å². The van der Waals surface area contributed by atoms with Crippen molar-refractivity contribution >= 4 is 24.0 Å². The van der Waals surface area contributed by atoms with Crippen LogP contribution < -0.4 is 10.6 Å². The highest BCUT2D eigenvalue weighted by atomic mass is 35.5. The second kappa shape index (κ2) is 8.06. The van der Waals surface area contributed by atoms with E-state index >= 15 is 0 Å². The van der Waals surface area contributed by atoms with Crippen molar-refractivity contribution < 1.29 is 14.8 Å². The maximum absolute atomic E-state index is 12.1. The average Bonchev–Trinajstić information content (AvgIpc) is 3.22. The molecule has 1 aromatic heterocycles. The van der Waals surface area contributed by atoms with Gasteiger partial charge >= 0.3 is 0 Å². The van der Waals surface area contributed by atoms with Crippen molar-refractivity contribution in [1.82, 2.24) is 20.4 Å². The standard InChI is InChI=1S/C15H17N5O4.ClH/c21-14-9-16-7-10(14)8-17-15(22)13-4-5-19(18-13)11-2-1-3-12(6-11)20(23)24;/h1-6,10,14,16,21H,7-9H2,(H,17,22);1H. The lowest BCUT2D eigenvalue weighted by Gasteiger charge is -2.13. The summed E-state index contributed by atoms with van der Waals surface area (Å²) in [4.78, 5) is 22.5. The number of nitrogens with one attached hydrogen (secondary N) is 2. The number of aromatic nitrogens is 2. The number of carbonyl (C=O) groups is 1. The van der Waals surface area contributed by atoms with Gasteiger partial charge in [-0.25, -0.2) is 4.68 Å². The van der Waals surface area contributed by atoms with E-state index in [1.165, 1.54) is 22.9 Å². The van der Waals surface area contributed by atoms with Crippen LogP contribution in [0.2, 0.25) is 0 Å².